The van der Waals surface area contributed by atoms with Gasteiger partial charge in [0.2, 0.25) is 15.9 Å². The Balaban J connectivity index is 2.16. The molecule has 0 aliphatic heterocycles. The molecule has 6 nitrogen and oxygen atoms in total. The number of thiazole rings is 1. The van der Waals surface area contributed by atoms with Gasteiger partial charge in [-0.1, -0.05) is 18.3 Å². The fourth-order valence-corrected chi connectivity index (χ4v) is 3.45. The van der Waals surface area contributed by atoms with Crippen molar-refractivity contribution in [3.63, 3.8) is 0 Å². The lowest BCUT2D eigenvalue weighted by atomic mass is 10.3. The molecule has 2 atom stereocenters. The van der Waals surface area contributed by atoms with Crippen LogP contribution in [0.5, 0.6) is 0 Å². The number of amides is 1. The van der Waals surface area contributed by atoms with E-state index in [1.54, 1.807) is 6.92 Å². The van der Waals surface area contributed by atoms with Crippen LogP contribution in [0.2, 0.25) is 0 Å². The molecule has 1 aliphatic rings. The molecule has 2 rings (SSSR count). The molecule has 1 heterocycles. The van der Waals surface area contributed by atoms with E-state index in [0.29, 0.717) is 11.6 Å². The molecular formula is C9H13N3O3S2. The van der Waals surface area contributed by atoms with Crippen LogP contribution in [0.25, 0.3) is 0 Å². The Morgan fingerprint density at radius 1 is 1.59 bits per heavy atom. The number of nitrogens with one attached hydrogen (secondary N) is 1. The van der Waals surface area contributed by atoms with Crippen LogP contribution in [0.3, 0.4) is 0 Å². The lowest BCUT2D eigenvalue weighted by Gasteiger charge is -1.98. The monoisotopic (exact) mass is 275 g/mol. The lowest BCUT2D eigenvalue weighted by Crippen LogP contribution is -2.14. The number of primary sulfonamides is 1. The predicted molar refractivity (Wildman–Crippen MR) is 64.1 cm³/mol. The summed E-state index contributed by atoms with van der Waals surface area (Å²) in [6, 6.07) is 0. The first kappa shape index (κ1) is 12.5. The summed E-state index contributed by atoms with van der Waals surface area (Å²) in [5.41, 5.74) is 0.316. The van der Waals surface area contributed by atoms with Crippen molar-refractivity contribution >= 4 is 32.4 Å². The van der Waals surface area contributed by atoms with Gasteiger partial charge in [-0.3, -0.25) is 4.79 Å². The predicted octanol–water partition coefficient (Wildman–Crippen LogP) is 0.693. The highest BCUT2D eigenvalue weighted by Gasteiger charge is 2.39. The van der Waals surface area contributed by atoms with Crippen molar-refractivity contribution in [3.05, 3.63) is 5.69 Å². The zero-order valence-corrected chi connectivity index (χ0v) is 11.1. The summed E-state index contributed by atoms with van der Waals surface area (Å²) in [5.74, 6) is 0.318. The quantitative estimate of drug-likeness (QED) is 0.847. The van der Waals surface area contributed by atoms with Gasteiger partial charge in [0, 0.05) is 5.92 Å². The summed E-state index contributed by atoms with van der Waals surface area (Å²) in [6.45, 7) is 3.54. The normalized spacial score (nSPS) is 23.5. The van der Waals surface area contributed by atoms with E-state index < -0.39 is 10.0 Å². The molecule has 1 aliphatic carbocycles. The maximum Gasteiger partial charge on any atom is 0.249 e. The molecule has 8 heteroatoms. The van der Waals surface area contributed by atoms with Crippen molar-refractivity contribution in [2.45, 2.75) is 24.5 Å². The molecule has 1 saturated carbocycles. The Hall–Kier alpha value is -0.990. The van der Waals surface area contributed by atoms with E-state index in [0.717, 1.165) is 17.8 Å². The van der Waals surface area contributed by atoms with Crippen LogP contribution in [-0.2, 0) is 14.8 Å². The number of nitrogens with zero attached hydrogens (tertiary/aromatic N) is 1. The number of rotatable bonds is 3. The van der Waals surface area contributed by atoms with Gasteiger partial charge in [0.1, 0.15) is 0 Å². The molecule has 2 unspecified atom stereocenters. The number of nitrogens with two attached hydrogens (primary N) is 1. The Kier molecular flexibility index (Phi) is 2.96. The first-order chi connectivity index (χ1) is 7.79. The van der Waals surface area contributed by atoms with Gasteiger partial charge < -0.3 is 5.32 Å². The molecule has 1 fully saturated rings. The molecule has 0 spiro atoms. The van der Waals surface area contributed by atoms with Crippen LogP contribution in [-0.4, -0.2) is 19.3 Å². The second kappa shape index (κ2) is 4.04. The number of anilines is 1. The van der Waals surface area contributed by atoms with Crippen LogP contribution >= 0.6 is 11.3 Å². The van der Waals surface area contributed by atoms with Gasteiger partial charge in [0.15, 0.2) is 9.34 Å². The van der Waals surface area contributed by atoms with E-state index in [-0.39, 0.29) is 21.2 Å². The van der Waals surface area contributed by atoms with Crippen molar-refractivity contribution in [2.24, 2.45) is 17.0 Å². The number of hydrogen-bond acceptors (Lipinski definition) is 5. The van der Waals surface area contributed by atoms with Gasteiger partial charge in [-0.25, -0.2) is 18.5 Å². The molecule has 3 N–H and O–H groups in total. The molecule has 0 radical (unpaired) electrons. The third kappa shape index (κ3) is 2.64. The van der Waals surface area contributed by atoms with E-state index in [1.807, 2.05) is 6.92 Å². The number of aryl methyl sites for hydroxylation is 1. The maximum absolute atomic E-state index is 11.6. The number of aromatic nitrogens is 1. The standard InChI is InChI=1S/C9H13N3O3S2/c1-4-3-6(4)7(13)12-9-11-5(2)8(16-9)17(10,14)15/h4,6H,3H2,1-2H3,(H2,10,14,15)(H,11,12,13). The Morgan fingerprint density at radius 3 is 2.59 bits per heavy atom. The molecule has 1 aromatic heterocycles. The number of carbonyl (C=O) groups excluding carboxylic acids is 1. The fraction of sp³-hybridized carbons (Fsp3) is 0.556. The van der Waals surface area contributed by atoms with E-state index >= 15 is 0 Å². The Morgan fingerprint density at radius 2 is 2.18 bits per heavy atom. The van der Waals surface area contributed by atoms with Crippen LogP contribution in [0.4, 0.5) is 5.13 Å². The first-order valence-electron chi connectivity index (χ1n) is 5.10. The smallest absolute Gasteiger partial charge is 0.249 e. The highest BCUT2D eigenvalue weighted by Crippen LogP contribution is 2.39. The molecule has 1 amide bonds. The number of hydrogen-bond donors (Lipinski definition) is 2. The van der Waals surface area contributed by atoms with Crippen LogP contribution in [0, 0.1) is 18.8 Å². The molecule has 17 heavy (non-hydrogen) atoms. The summed E-state index contributed by atoms with van der Waals surface area (Å²) in [6.07, 6.45) is 0.873. The third-order valence-electron chi connectivity index (χ3n) is 2.69. The summed E-state index contributed by atoms with van der Waals surface area (Å²) in [5, 5.41) is 7.93. The molecular weight excluding hydrogens is 262 g/mol. The van der Waals surface area contributed by atoms with E-state index in [1.165, 1.54) is 0 Å². The van der Waals surface area contributed by atoms with Crippen LogP contribution in [0.15, 0.2) is 4.21 Å². The zero-order valence-electron chi connectivity index (χ0n) is 9.43. The van der Waals surface area contributed by atoms with Crippen molar-refractivity contribution in [2.75, 3.05) is 5.32 Å². The zero-order chi connectivity index (χ0) is 12.8. The van der Waals surface area contributed by atoms with E-state index in [2.05, 4.69) is 10.3 Å². The minimum absolute atomic E-state index is 0.00311. The van der Waals surface area contributed by atoms with E-state index in [9.17, 15) is 13.2 Å². The van der Waals surface area contributed by atoms with Crippen LogP contribution in [0.1, 0.15) is 19.0 Å². The summed E-state index contributed by atoms with van der Waals surface area (Å²) in [4.78, 5) is 15.6. The van der Waals surface area contributed by atoms with Crippen LogP contribution < -0.4 is 10.5 Å². The molecule has 94 valence electrons. The second-order valence-corrected chi connectivity index (χ2v) is 7.00. The summed E-state index contributed by atoms with van der Waals surface area (Å²) in [7, 11) is -3.76. The highest BCUT2D eigenvalue weighted by atomic mass is 32.2. The van der Waals surface area contributed by atoms with Gasteiger partial charge in [-0.05, 0) is 19.3 Å². The van der Waals surface area contributed by atoms with Gasteiger partial charge in [-0.15, -0.1) is 0 Å². The average molecular weight is 275 g/mol. The molecule has 0 bridgehead atoms. The Bertz CT molecular complexity index is 564. The third-order valence-corrected chi connectivity index (χ3v) is 5.32. The second-order valence-electron chi connectivity index (χ2n) is 4.25. The number of sulfonamides is 1. The Labute approximate surface area is 103 Å². The van der Waals surface area contributed by atoms with Crippen molar-refractivity contribution in [1.82, 2.24) is 4.98 Å². The van der Waals surface area contributed by atoms with Gasteiger partial charge in [0.05, 0.1) is 5.69 Å². The number of carbonyl (C=O) groups is 1. The SMILES string of the molecule is Cc1nc(NC(=O)C2CC2C)sc1S(N)(=O)=O. The highest BCUT2D eigenvalue weighted by molar-refractivity contribution is 7.91. The van der Waals surface area contributed by atoms with Gasteiger partial charge in [0.25, 0.3) is 0 Å². The van der Waals surface area contributed by atoms with Crippen molar-refractivity contribution < 1.29 is 13.2 Å². The molecule has 1 aromatic rings. The topological polar surface area (TPSA) is 102 Å². The van der Waals surface area contributed by atoms with E-state index in [4.69, 9.17) is 5.14 Å². The molecule has 0 saturated heterocycles. The largest absolute Gasteiger partial charge is 0.302 e. The van der Waals surface area contributed by atoms with Gasteiger partial charge in [-0.2, -0.15) is 0 Å². The van der Waals surface area contributed by atoms with Gasteiger partial charge >= 0.3 is 0 Å². The van der Waals surface area contributed by atoms with Crippen molar-refractivity contribution in [1.29, 1.82) is 0 Å². The minimum atomic E-state index is -3.76. The lowest BCUT2D eigenvalue weighted by molar-refractivity contribution is -0.117. The van der Waals surface area contributed by atoms with Crippen molar-refractivity contribution in [3.8, 4) is 0 Å². The summed E-state index contributed by atoms with van der Waals surface area (Å²) >= 11 is 0.885. The first-order valence-corrected chi connectivity index (χ1v) is 7.46. The average Bonchev–Trinajstić information content (AvgIpc) is 2.78. The summed E-state index contributed by atoms with van der Waals surface area (Å²) < 4.78 is 22.4. The maximum atomic E-state index is 11.6. The minimum Gasteiger partial charge on any atom is -0.302 e. The molecule has 0 aromatic carbocycles. The fourth-order valence-electron chi connectivity index (χ4n) is 1.59.